The first-order valence-electron chi connectivity index (χ1n) is 5.76. The van der Waals surface area contributed by atoms with Gasteiger partial charge in [-0.15, -0.1) is 0 Å². The maximum Gasteiger partial charge on any atom is 0.293 e. The number of ether oxygens (including phenoxy) is 1. The van der Waals surface area contributed by atoms with E-state index in [1.807, 2.05) is 6.92 Å². The fourth-order valence-electron chi connectivity index (χ4n) is 1.45. The fourth-order valence-corrected chi connectivity index (χ4v) is 1.45. The van der Waals surface area contributed by atoms with Crippen molar-refractivity contribution in [1.82, 2.24) is 5.32 Å². The van der Waals surface area contributed by atoms with Crippen LogP contribution in [0.25, 0.3) is 0 Å². The first-order valence-corrected chi connectivity index (χ1v) is 5.76. The van der Waals surface area contributed by atoms with Crippen LogP contribution in [-0.4, -0.2) is 37.6 Å². The molecule has 0 aromatic heterocycles. The Balaban J connectivity index is 2.98. The summed E-state index contributed by atoms with van der Waals surface area (Å²) in [6, 6.07) is 4.30. The first kappa shape index (κ1) is 14.9. The minimum Gasteiger partial charge on any atom is -0.380 e. The van der Waals surface area contributed by atoms with E-state index in [0.29, 0.717) is 12.2 Å². The van der Waals surface area contributed by atoms with Gasteiger partial charge in [0.25, 0.3) is 11.6 Å². The first-order chi connectivity index (χ1) is 8.99. The second-order valence-electron chi connectivity index (χ2n) is 4.00. The molecule has 0 bridgehead atoms. The molecule has 104 valence electrons. The highest BCUT2D eigenvalue weighted by Crippen LogP contribution is 2.25. The zero-order valence-electron chi connectivity index (χ0n) is 11.1. The number of benzene rings is 1. The van der Waals surface area contributed by atoms with Crippen LogP contribution in [0.15, 0.2) is 18.2 Å². The molecule has 7 nitrogen and oxygen atoms in total. The largest absolute Gasteiger partial charge is 0.380 e. The SMILES string of the molecule is CNC(=O)c1ccc(NCC(C)OC)c([N+](=O)[O-])c1. The van der Waals surface area contributed by atoms with E-state index in [-0.39, 0.29) is 23.3 Å². The maximum absolute atomic E-state index is 11.4. The quantitative estimate of drug-likeness (QED) is 0.600. The summed E-state index contributed by atoms with van der Waals surface area (Å²) in [7, 11) is 3.04. The van der Waals surface area contributed by atoms with Crippen molar-refractivity contribution in [3.05, 3.63) is 33.9 Å². The van der Waals surface area contributed by atoms with Gasteiger partial charge >= 0.3 is 0 Å². The Hall–Kier alpha value is -2.15. The van der Waals surface area contributed by atoms with Gasteiger partial charge < -0.3 is 15.4 Å². The topological polar surface area (TPSA) is 93.5 Å². The maximum atomic E-state index is 11.4. The summed E-state index contributed by atoms with van der Waals surface area (Å²) in [5.74, 6) is -0.361. The molecule has 0 saturated carbocycles. The zero-order chi connectivity index (χ0) is 14.4. The molecule has 1 aromatic rings. The minimum atomic E-state index is -0.522. The number of nitro benzene ring substituents is 1. The van der Waals surface area contributed by atoms with E-state index in [1.165, 1.54) is 25.2 Å². The van der Waals surface area contributed by atoms with Gasteiger partial charge in [-0.1, -0.05) is 0 Å². The van der Waals surface area contributed by atoms with Crippen LogP contribution >= 0.6 is 0 Å². The van der Waals surface area contributed by atoms with Crippen molar-refractivity contribution in [2.24, 2.45) is 0 Å². The molecule has 0 heterocycles. The lowest BCUT2D eigenvalue weighted by Crippen LogP contribution is -2.20. The summed E-state index contributed by atoms with van der Waals surface area (Å²) in [4.78, 5) is 21.9. The van der Waals surface area contributed by atoms with Crippen LogP contribution < -0.4 is 10.6 Å². The minimum absolute atomic E-state index is 0.0711. The van der Waals surface area contributed by atoms with Crippen LogP contribution in [0.2, 0.25) is 0 Å². The van der Waals surface area contributed by atoms with Crippen LogP contribution in [-0.2, 0) is 4.74 Å². The predicted octanol–water partition coefficient (Wildman–Crippen LogP) is 1.40. The van der Waals surface area contributed by atoms with E-state index in [0.717, 1.165) is 0 Å². The summed E-state index contributed by atoms with van der Waals surface area (Å²) in [5, 5.41) is 16.4. The number of rotatable bonds is 6. The molecule has 0 saturated heterocycles. The molecule has 1 atom stereocenters. The Morgan fingerprint density at radius 2 is 2.21 bits per heavy atom. The van der Waals surface area contributed by atoms with Crippen molar-refractivity contribution in [3.8, 4) is 0 Å². The van der Waals surface area contributed by atoms with Gasteiger partial charge in [-0.05, 0) is 19.1 Å². The van der Waals surface area contributed by atoms with E-state index in [2.05, 4.69) is 10.6 Å². The molecule has 2 N–H and O–H groups in total. The molecule has 1 unspecified atom stereocenters. The summed E-state index contributed by atoms with van der Waals surface area (Å²) < 4.78 is 5.06. The van der Waals surface area contributed by atoms with E-state index >= 15 is 0 Å². The number of carbonyl (C=O) groups is 1. The molecule has 0 fully saturated rings. The number of amides is 1. The highest BCUT2D eigenvalue weighted by atomic mass is 16.6. The average molecular weight is 267 g/mol. The fraction of sp³-hybridized carbons (Fsp3) is 0.417. The molecular formula is C12H17N3O4. The normalized spacial score (nSPS) is 11.7. The third-order valence-electron chi connectivity index (χ3n) is 2.67. The monoisotopic (exact) mass is 267 g/mol. The Kier molecular flexibility index (Phi) is 5.25. The van der Waals surface area contributed by atoms with Gasteiger partial charge in [0.15, 0.2) is 0 Å². The van der Waals surface area contributed by atoms with Crippen LogP contribution in [0.4, 0.5) is 11.4 Å². The van der Waals surface area contributed by atoms with Crippen molar-refractivity contribution < 1.29 is 14.5 Å². The lowest BCUT2D eigenvalue weighted by atomic mass is 10.1. The van der Waals surface area contributed by atoms with Crippen molar-refractivity contribution in [3.63, 3.8) is 0 Å². The smallest absolute Gasteiger partial charge is 0.293 e. The number of carbonyl (C=O) groups excluding carboxylic acids is 1. The molecule has 1 rings (SSSR count). The van der Waals surface area contributed by atoms with Gasteiger partial charge in [-0.3, -0.25) is 14.9 Å². The highest BCUT2D eigenvalue weighted by Gasteiger charge is 2.17. The van der Waals surface area contributed by atoms with Gasteiger partial charge in [0.1, 0.15) is 5.69 Å². The molecular weight excluding hydrogens is 250 g/mol. The summed E-state index contributed by atoms with van der Waals surface area (Å²) >= 11 is 0. The summed E-state index contributed by atoms with van der Waals surface area (Å²) in [6.45, 7) is 2.29. The number of hydrogen-bond donors (Lipinski definition) is 2. The Morgan fingerprint density at radius 1 is 1.53 bits per heavy atom. The van der Waals surface area contributed by atoms with Crippen molar-refractivity contribution in [2.45, 2.75) is 13.0 Å². The number of nitrogens with zero attached hydrogens (tertiary/aromatic N) is 1. The van der Waals surface area contributed by atoms with Crippen LogP contribution in [0.1, 0.15) is 17.3 Å². The number of anilines is 1. The summed E-state index contributed by atoms with van der Waals surface area (Å²) in [5.41, 5.74) is 0.477. The third-order valence-corrected chi connectivity index (χ3v) is 2.67. The highest BCUT2D eigenvalue weighted by molar-refractivity contribution is 5.95. The Labute approximate surface area is 111 Å². The number of methoxy groups -OCH3 is 1. The molecule has 1 aromatic carbocycles. The third kappa shape index (κ3) is 3.92. The Bertz CT molecular complexity index is 476. The number of hydrogen-bond acceptors (Lipinski definition) is 5. The molecule has 0 spiro atoms. The van der Waals surface area contributed by atoms with Gasteiger partial charge in [0, 0.05) is 32.3 Å². The lowest BCUT2D eigenvalue weighted by molar-refractivity contribution is -0.384. The number of nitrogens with one attached hydrogen (secondary N) is 2. The number of nitro groups is 1. The lowest BCUT2D eigenvalue weighted by Gasteiger charge is -2.12. The molecule has 0 radical (unpaired) electrons. The second-order valence-corrected chi connectivity index (χ2v) is 4.00. The molecule has 0 aliphatic heterocycles. The molecule has 7 heteroatoms. The van der Waals surface area contributed by atoms with Crippen molar-refractivity contribution in [2.75, 3.05) is 26.0 Å². The van der Waals surface area contributed by atoms with Crippen LogP contribution in [0.3, 0.4) is 0 Å². The van der Waals surface area contributed by atoms with Gasteiger partial charge in [-0.25, -0.2) is 0 Å². The van der Waals surface area contributed by atoms with Crippen molar-refractivity contribution in [1.29, 1.82) is 0 Å². The van der Waals surface area contributed by atoms with Crippen LogP contribution in [0, 0.1) is 10.1 Å². The standard InChI is InChI=1S/C12H17N3O4/c1-8(19-3)7-14-10-5-4-9(12(16)13-2)6-11(10)15(17)18/h4-6,8,14H,7H2,1-3H3,(H,13,16). The van der Waals surface area contributed by atoms with E-state index < -0.39 is 4.92 Å². The molecule has 0 aliphatic rings. The van der Waals surface area contributed by atoms with Gasteiger partial charge in [-0.2, -0.15) is 0 Å². The van der Waals surface area contributed by atoms with Crippen molar-refractivity contribution >= 4 is 17.3 Å². The average Bonchev–Trinajstić information content (AvgIpc) is 2.43. The van der Waals surface area contributed by atoms with Crippen LogP contribution in [0.5, 0.6) is 0 Å². The van der Waals surface area contributed by atoms with Gasteiger partial charge in [0.2, 0.25) is 0 Å². The molecule has 19 heavy (non-hydrogen) atoms. The predicted molar refractivity (Wildman–Crippen MR) is 71.4 cm³/mol. The van der Waals surface area contributed by atoms with E-state index in [9.17, 15) is 14.9 Å². The Morgan fingerprint density at radius 3 is 2.74 bits per heavy atom. The summed E-state index contributed by atoms with van der Waals surface area (Å²) in [6.07, 6.45) is -0.0711. The zero-order valence-corrected chi connectivity index (χ0v) is 11.1. The molecule has 1 amide bonds. The molecule has 0 aliphatic carbocycles. The van der Waals surface area contributed by atoms with E-state index in [4.69, 9.17) is 4.74 Å². The van der Waals surface area contributed by atoms with E-state index in [1.54, 1.807) is 7.11 Å². The second kappa shape index (κ2) is 6.69. The van der Waals surface area contributed by atoms with Gasteiger partial charge in [0.05, 0.1) is 11.0 Å².